The Hall–Kier alpha value is -2.30. The highest BCUT2D eigenvalue weighted by Crippen LogP contribution is 2.22. The Labute approximate surface area is 130 Å². The molecule has 2 aromatic heterocycles. The summed E-state index contributed by atoms with van der Waals surface area (Å²) in [6.45, 7) is 3.46. The Morgan fingerprint density at radius 1 is 1.18 bits per heavy atom. The predicted octanol–water partition coefficient (Wildman–Crippen LogP) is 2.27. The quantitative estimate of drug-likeness (QED) is 0.872. The minimum atomic E-state index is -0.00476. The molecule has 1 aliphatic heterocycles. The van der Waals surface area contributed by atoms with Crippen molar-refractivity contribution in [2.75, 3.05) is 13.1 Å². The zero-order chi connectivity index (χ0) is 15.4. The second-order valence-corrected chi connectivity index (χ2v) is 5.84. The first-order valence-electron chi connectivity index (χ1n) is 7.69. The van der Waals surface area contributed by atoms with Gasteiger partial charge in [-0.1, -0.05) is 0 Å². The number of rotatable bonds is 3. The fraction of sp³-hybridized carbons (Fsp3) is 0.412. The summed E-state index contributed by atoms with van der Waals surface area (Å²) in [6.07, 6.45) is 10.0. The Morgan fingerprint density at radius 2 is 1.91 bits per heavy atom. The maximum Gasteiger partial charge on any atom is 0.274 e. The van der Waals surface area contributed by atoms with Gasteiger partial charge in [-0.25, -0.2) is 4.98 Å². The van der Waals surface area contributed by atoms with E-state index in [2.05, 4.69) is 27.1 Å². The van der Waals surface area contributed by atoms with Crippen LogP contribution in [0.5, 0.6) is 0 Å². The highest BCUT2D eigenvalue weighted by atomic mass is 16.2. The minimum absolute atomic E-state index is 0.00476. The zero-order valence-corrected chi connectivity index (χ0v) is 12.8. The molecule has 22 heavy (non-hydrogen) atoms. The summed E-state index contributed by atoms with van der Waals surface area (Å²) < 4.78 is 0. The number of likely N-dealkylation sites (tertiary alicyclic amines) is 1. The summed E-state index contributed by atoms with van der Waals surface area (Å²) in [5.41, 5.74) is 2.59. The molecule has 0 atom stereocenters. The van der Waals surface area contributed by atoms with Crippen LogP contribution >= 0.6 is 0 Å². The van der Waals surface area contributed by atoms with Crippen LogP contribution in [0.4, 0.5) is 0 Å². The van der Waals surface area contributed by atoms with Crippen molar-refractivity contribution in [3.63, 3.8) is 0 Å². The van der Waals surface area contributed by atoms with Crippen molar-refractivity contribution in [2.24, 2.45) is 5.92 Å². The van der Waals surface area contributed by atoms with Gasteiger partial charge in [-0.15, -0.1) is 0 Å². The summed E-state index contributed by atoms with van der Waals surface area (Å²) in [6, 6.07) is 4.14. The number of pyridine rings is 1. The molecule has 0 spiro atoms. The van der Waals surface area contributed by atoms with E-state index in [4.69, 9.17) is 0 Å². The average molecular weight is 296 g/mol. The first-order valence-corrected chi connectivity index (χ1v) is 7.69. The molecule has 3 rings (SSSR count). The Bertz CT molecular complexity index is 619. The summed E-state index contributed by atoms with van der Waals surface area (Å²) in [4.78, 5) is 26.7. The van der Waals surface area contributed by atoms with Gasteiger partial charge in [-0.2, -0.15) is 0 Å². The van der Waals surface area contributed by atoms with Crippen molar-refractivity contribution < 1.29 is 4.79 Å². The molecule has 114 valence electrons. The van der Waals surface area contributed by atoms with Crippen molar-refractivity contribution in [2.45, 2.75) is 26.2 Å². The van der Waals surface area contributed by atoms with Gasteiger partial charge >= 0.3 is 0 Å². The molecule has 0 radical (unpaired) electrons. The molecule has 5 heteroatoms. The lowest BCUT2D eigenvalue weighted by Crippen LogP contribution is -2.39. The molecule has 1 amide bonds. The average Bonchev–Trinajstić information content (AvgIpc) is 2.57. The van der Waals surface area contributed by atoms with Gasteiger partial charge in [0, 0.05) is 31.7 Å². The number of aryl methyl sites for hydroxylation is 1. The predicted molar refractivity (Wildman–Crippen MR) is 83.3 cm³/mol. The molecule has 0 saturated carbocycles. The maximum atomic E-state index is 12.4. The molecular weight excluding hydrogens is 276 g/mol. The van der Waals surface area contributed by atoms with Gasteiger partial charge in [0.1, 0.15) is 5.69 Å². The van der Waals surface area contributed by atoms with Crippen LogP contribution in [0, 0.1) is 12.8 Å². The van der Waals surface area contributed by atoms with Gasteiger partial charge in [0.05, 0.1) is 11.9 Å². The van der Waals surface area contributed by atoms with Gasteiger partial charge in [-0.3, -0.25) is 14.8 Å². The van der Waals surface area contributed by atoms with Crippen LogP contribution < -0.4 is 0 Å². The third-order valence-corrected chi connectivity index (χ3v) is 4.18. The number of hydrogen-bond acceptors (Lipinski definition) is 4. The van der Waals surface area contributed by atoms with Crippen LogP contribution in [0.1, 0.15) is 34.6 Å². The zero-order valence-electron chi connectivity index (χ0n) is 12.8. The van der Waals surface area contributed by atoms with Crippen LogP contribution in [0.2, 0.25) is 0 Å². The highest BCUT2D eigenvalue weighted by Gasteiger charge is 2.24. The number of carbonyl (C=O) groups excluding carboxylic acids is 1. The fourth-order valence-electron chi connectivity index (χ4n) is 2.86. The van der Waals surface area contributed by atoms with E-state index in [1.165, 1.54) is 5.56 Å². The minimum Gasteiger partial charge on any atom is -0.337 e. The lowest BCUT2D eigenvalue weighted by molar-refractivity contribution is 0.0684. The van der Waals surface area contributed by atoms with E-state index in [-0.39, 0.29) is 5.91 Å². The SMILES string of the molecule is Cc1cnc(C(=O)N2CCC(Cc3ccncc3)CC2)cn1. The van der Waals surface area contributed by atoms with E-state index in [9.17, 15) is 4.79 Å². The van der Waals surface area contributed by atoms with E-state index < -0.39 is 0 Å². The molecule has 3 heterocycles. The van der Waals surface area contributed by atoms with Crippen LogP contribution in [0.25, 0.3) is 0 Å². The standard InChI is InChI=1S/C17H20N4O/c1-13-11-20-16(12-19-13)17(22)21-8-4-15(5-9-21)10-14-2-6-18-7-3-14/h2-3,6-7,11-12,15H,4-5,8-10H2,1H3. The van der Waals surface area contributed by atoms with E-state index >= 15 is 0 Å². The molecule has 0 N–H and O–H groups in total. The number of aromatic nitrogens is 3. The number of carbonyl (C=O) groups is 1. The van der Waals surface area contributed by atoms with Crippen molar-refractivity contribution in [1.82, 2.24) is 19.9 Å². The summed E-state index contributed by atoms with van der Waals surface area (Å²) in [5.74, 6) is 0.630. The molecule has 0 aromatic carbocycles. The van der Waals surface area contributed by atoms with Gasteiger partial charge in [0.2, 0.25) is 0 Å². The van der Waals surface area contributed by atoms with Crippen molar-refractivity contribution in [1.29, 1.82) is 0 Å². The third-order valence-electron chi connectivity index (χ3n) is 4.18. The van der Waals surface area contributed by atoms with Crippen LogP contribution in [0.3, 0.4) is 0 Å². The molecule has 0 aliphatic carbocycles. The number of amides is 1. The monoisotopic (exact) mass is 296 g/mol. The normalized spacial score (nSPS) is 15.8. The Kier molecular flexibility index (Phi) is 4.42. The van der Waals surface area contributed by atoms with Crippen LogP contribution in [-0.2, 0) is 6.42 Å². The second-order valence-electron chi connectivity index (χ2n) is 5.84. The molecule has 0 unspecified atom stereocenters. The summed E-state index contributed by atoms with van der Waals surface area (Å²) in [7, 11) is 0. The van der Waals surface area contributed by atoms with Gasteiger partial charge in [0.15, 0.2) is 0 Å². The Morgan fingerprint density at radius 3 is 2.55 bits per heavy atom. The van der Waals surface area contributed by atoms with E-state index in [1.54, 1.807) is 12.4 Å². The third kappa shape index (κ3) is 3.47. The van der Waals surface area contributed by atoms with E-state index in [0.717, 1.165) is 38.0 Å². The maximum absolute atomic E-state index is 12.4. The molecule has 5 nitrogen and oxygen atoms in total. The van der Waals surface area contributed by atoms with Gasteiger partial charge in [0.25, 0.3) is 5.91 Å². The Balaban J connectivity index is 1.55. The topological polar surface area (TPSA) is 59.0 Å². The summed E-state index contributed by atoms with van der Waals surface area (Å²) >= 11 is 0. The lowest BCUT2D eigenvalue weighted by atomic mass is 9.90. The largest absolute Gasteiger partial charge is 0.337 e. The molecule has 0 bridgehead atoms. The van der Waals surface area contributed by atoms with Crippen LogP contribution in [0.15, 0.2) is 36.9 Å². The van der Waals surface area contributed by atoms with E-state index in [0.29, 0.717) is 11.6 Å². The van der Waals surface area contributed by atoms with Crippen LogP contribution in [-0.4, -0.2) is 38.8 Å². The fourth-order valence-corrected chi connectivity index (χ4v) is 2.86. The summed E-state index contributed by atoms with van der Waals surface area (Å²) in [5, 5.41) is 0. The molecule has 1 fully saturated rings. The van der Waals surface area contributed by atoms with E-state index in [1.807, 2.05) is 24.2 Å². The number of piperidine rings is 1. The molecular formula is C17H20N4O. The highest BCUT2D eigenvalue weighted by molar-refractivity contribution is 5.92. The van der Waals surface area contributed by atoms with Crippen molar-refractivity contribution in [3.8, 4) is 0 Å². The lowest BCUT2D eigenvalue weighted by Gasteiger charge is -2.31. The second kappa shape index (κ2) is 6.64. The van der Waals surface area contributed by atoms with Crippen molar-refractivity contribution >= 4 is 5.91 Å². The first-order chi connectivity index (χ1) is 10.7. The van der Waals surface area contributed by atoms with Crippen molar-refractivity contribution in [3.05, 3.63) is 53.9 Å². The molecule has 1 saturated heterocycles. The van der Waals surface area contributed by atoms with Gasteiger partial charge in [-0.05, 0) is 49.8 Å². The molecule has 1 aliphatic rings. The smallest absolute Gasteiger partial charge is 0.274 e. The number of nitrogens with zero attached hydrogens (tertiary/aromatic N) is 4. The van der Waals surface area contributed by atoms with Gasteiger partial charge < -0.3 is 4.90 Å². The number of hydrogen-bond donors (Lipinski definition) is 0. The first kappa shape index (κ1) is 14.6. The molecule has 2 aromatic rings.